The number of hydrogen-bond acceptors (Lipinski definition) is 3. The lowest BCUT2D eigenvalue weighted by Crippen LogP contribution is -2.21. The Balaban J connectivity index is 1.84. The Hall–Kier alpha value is -2.88. The van der Waals surface area contributed by atoms with Gasteiger partial charge in [-0.05, 0) is 24.1 Å². The average Bonchev–Trinajstić information content (AvgIpc) is 2.99. The van der Waals surface area contributed by atoms with Crippen molar-refractivity contribution in [2.24, 2.45) is 4.99 Å². The molecule has 4 rings (SSSR count). The van der Waals surface area contributed by atoms with Gasteiger partial charge in [-0.2, -0.15) is 0 Å². The van der Waals surface area contributed by atoms with Crippen molar-refractivity contribution in [3.63, 3.8) is 0 Å². The maximum atomic E-state index is 12.8. The number of aliphatic imine (C=N–C) groups is 1. The van der Waals surface area contributed by atoms with Crippen LogP contribution in [0.2, 0.25) is 0 Å². The van der Waals surface area contributed by atoms with E-state index in [0.717, 1.165) is 34.3 Å². The molecule has 0 amide bonds. The molecule has 0 bridgehead atoms. The van der Waals surface area contributed by atoms with Crippen molar-refractivity contribution in [3.05, 3.63) is 65.4 Å². The first-order valence-corrected chi connectivity index (χ1v) is 7.61. The third-order valence-corrected chi connectivity index (χ3v) is 4.23. The lowest BCUT2D eigenvalue weighted by Gasteiger charge is -2.12. The second-order valence-electron chi connectivity index (χ2n) is 5.57. The Bertz CT molecular complexity index is 923. The van der Waals surface area contributed by atoms with Gasteiger partial charge in [0.15, 0.2) is 0 Å². The summed E-state index contributed by atoms with van der Waals surface area (Å²) >= 11 is 0. The van der Waals surface area contributed by atoms with Gasteiger partial charge in [0.25, 0.3) is 0 Å². The van der Waals surface area contributed by atoms with Gasteiger partial charge in [0.1, 0.15) is 11.5 Å². The minimum atomic E-state index is -0.0370. The fourth-order valence-corrected chi connectivity index (χ4v) is 3.09. The smallest absolute Gasteiger partial charge is 0.213 e. The van der Waals surface area contributed by atoms with E-state index in [1.807, 2.05) is 48.5 Å². The van der Waals surface area contributed by atoms with Gasteiger partial charge in [0.2, 0.25) is 5.78 Å². The predicted octanol–water partition coefficient (Wildman–Crippen LogP) is 3.40. The van der Waals surface area contributed by atoms with Crippen molar-refractivity contribution in [1.82, 2.24) is 4.98 Å². The lowest BCUT2D eigenvalue weighted by atomic mass is 9.97. The van der Waals surface area contributed by atoms with Gasteiger partial charge in [-0.25, -0.2) is 0 Å². The highest BCUT2D eigenvalue weighted by Crippen LogP contribution is 2.29. The van der Waals surface area contributed by atoms with Gasteiger partial charge in [-0.15, -0.1) is 0 Å². The quantitative estimate of drug-likeness (QED) is 0.754. The lowest BCUT2D eigenvalue weighted by molar-refractivity contribution is 0.106. The number of aromatic nitrogens is 1. The number of benzene rings is 2. The second-order valence-corrected chi connectivity index (χ2v) is 5.57. The highest BCUT2D eigenvalue weighted by molar-refractivity contribution is 6.51. The number of nitrogens with zero attached hydrogens (tertiary/aromatic N) is 1. The predicted molar refractivity (Wildman–Crippen MR) is 90.7 cm³/mol. The topological polar surface area (TPSA) is 54.5 Å². The molecule has 2 aromatic carbocycles. The molecule has 3 aromatic rings. The van der Waals surface area contributed by atoms with Gasteiger partial charge in [-0.1, -0.05) is 30.3 Å². The van der Waals surface area contributed by atoms with Gasteiger partial charge in [0, 0.05) is 29.1 Å². The van der Waals surface area contributed by atoms with E-state index in [-0.39, 0.29) is 5.78 Å². The van der Waals surface area contributed by atoms with Crippen LogP contribution < -0.4 is 4.74 Å². The van der Waals surface area contributed by atoms with Crippen LogP contribution in [0.5, 0.6) is 5.75 Å². The number of H-pyrrole nitrogens is 1. The molecule has 4 heteroatoms. The van der Waals surface area contributed by atoms with Crippen LogP contribution in [0, 0.1) is 0 Å². The maximum absolute atomic E-state index is 12.8. The first-order valence-electron chi connectivity index (χ1n) is 7.61. The van der Waals surface area contributed by atoms with Crippen LogP contribution in [0.3, 0.4) is 0 Å². The van der Waals surface area contributed by atoms with Crippen molar-refractivity contribution in [1.29, 1.82) is 0 Å². The third-order valence-electron chi connectivity index (χ3n) is 4.23. The number of ether oxygens (including phenoxy) is 1. The molecule has 0 unspecified atom stereocenters. The molecule has 4 nitrogen and oxygen atoms in total. The van der Waals surface area contributed by atoms with Crippen molar-refractivity contribution in [3.8, 4) is 5.75 Å². The van der Waals surface area contributed by atoms with Gasteiger partial charge >= 0.3 is 0 Å². The summed E-state index contributed by atoms with van der Waals surface area (Å²) in [5, 5.41) is 1.13. The number of rotatable bonds is 3. The zero-order valence-corrected chi connectivity index (χ0v) is 12.8. The zero-order chi connectivity index (χ0) is 15.8. The summed E-state index contributed by atoms with van der Waals surface area (Å²) < 4.78 is 5.28. The molecule has 0 aliphatic carbocycles. The van der Waals surface area contributed by atoms with Crippen molar-refractivity contribution < 1.29 is 9.53 Å². The highest BCUT2D eigenvalue weighted by Gasteiger charge is 2.25. The Morgan fingerprint density at radius 1 is 1.17 bits per heavy atom. The molecule has 1 aromatic heterocycles. The summed E-state index contributed by atoms with van der Waals surface area (Å²) in [6.07, 6.45) is 0.841. The number of fused-ring (bicyclic) bond motifs is 3. The molecule has 1 aliphatic heterocycles. The third kappa shape index (κ3) is 2.23. The van der Waals surface area contributed by atoms with Crippen LogP contribution in [0.15, 0.2) is 53.5 Å². The standard InChI is InChI=1S/C19H16N2O2/c1-23-13-7-8-14-15-9-10-20-18(17(15)21-16(14)11-13)19(22)12-5-3-2-4-6-12/h2-8,11,21H,9-10H2,1H3. The number of carbonyl (C=O) groups excluding carboxylic acids is 1. The minimum Gasteiger partial charge on any atom is -0.497 e. The molecule has 1 N–H and O–H groups in total. The van der Waals surface area contributed by atoms with Crippen molar-refractivity contribution in [2.75, 3.05) is 13.7 Å². The first-order chi connectivity index (χ1) is 11.3. The van der Waals surface area contributed by atoms with E-state index in [4.69, 9.17) is 4.74 Å². The number of aromatic amines is 1. The van der Waals surface area contributed by atoms with E-state index < -0.39 is 0 Å². The van der Waals surface area contributed by atoms with E-state index in [2.05, 4.69) is 9.98 Å². The van der Waals surface area contributed by atoms with Crippen LogP contribution in [-0.4, -0.2) is 30.1 Å². The molecule has 114 valence electrons. The van der Waals surface area contributed by atoms with Gasteiger partial charge in [-0.3, -0.25) is 9.79 Å². The molecule has 23 heavy (non-hydrogen) atoms. The highest BCUT2D eigenvalue weighted by atomic mass is 16.5. The number of ketones is 1. The molecule has 2 heterocycles. The summed E-state index contributed by atoms with van der Waals surface area (Å²) in [6.45, 7) is 0.639. The summed E-state index contributed by atoms with van der Waals surface area (Å²) in [4.78, 5) is 20.6. The number of Topliss-reactive ketones (excluding diaryl/α,β-unsaturated/α-hetero) is 1. The van der Waals surface area contributed by atoms with Crippen LogP contribution in [0.1, 0.15) is 21.6 Å². The number of nitrogens with one attached hydrogen (secondary N) is 1. The van der Waals surface area contributed by atoms with Crippen molar-refractivity contribution >= 4 is 22.4 Å². The largest absolute Gasteiger partial charge is 0.497 e. The summed E-state index contributed by atoms with van der Waals surface area (Å²) in [6, 6.07) is 15.2. The molecule has 0 spiro atoms. The van der Waals surface area contributed by atoms with Crippen LogP contribution in [0.25, 0.3) is 10.9 Å². The molecular formula is C19H16N2O2. The molecule has 0 radical (unpaired) electrons. The molecule has 0 saturated carbocycles. The average molecular weight is 304 g/mol. The van der Waals surface area contributed by atoms with E-state index in [1.165, 1.54) is 0 Å². The van der Waals surface area contributed by atoms with Gasteiger partial charge < -0.3 is 9.72 Å². The molecule has 0 saturated heterocycles. The summed E-state index contributed by atoms with van der Waals surface area (Å²) in [7, 11) is 1.65. The number of methoxy groups -OCH3 is 1. The van der Waals surface area contributed by atoms with Crippen LogP contribution in [-0.2, 0) is 6.42 Å². The first kappa shape index (κ1) is 13.8. The number of carbonyl (C=O) groups is 1. The van der Waals surface area contributed by atoms with Crippen LogP contribution in [0.4, 0.5) is 0 Å². The fourth-order valence-electron chi connectivity index (χ4n) is 3.09. The van der Waals surface area contributed by atoms with Gasteiger partial charge in [0.05, 0.1) is 12.8 Å². The number of hydrogen-bond donors (Lipinski definition) is 1. The minimum absolute atomic E-state index is 0.0370. The monoisotopic (exact) mass is 304 g/mol. The molecule has 0 atom stereocenters. The van der Waals surface area contributed by atoms with E-state index >= 15 is 0 Å². The Kier molecular flexibility index (Phi) is 3.23. The van der Waals surface area contributed by atoms with E-state index in [0.29, 0.717) is 17.8 Å². The summed E-state index contributed by atoms with van der Waals surface area (Å²) in [5.41, 5.74) is 4.16. The summed E-state index contributed by atoms with van der Waals surface area (Å²) in [5.74, 6) is 0.758. The Morgan fingerprint density at radius 2 is 2.00 bits per heavy atom. The van der Waals surface area contributed by atoms with Crippen molar-refractivity contribution in [2.45, 2.75) is 6.42 Å². The molecule has 0 fully saturated rings. The fraction of sp³-hybridized carbons (Fsp3) is 0.158. The van der Waals surface area contributed by atoms with E-state index in [1.54, 1.807) is 7.11 Å². The second kappa shape index (κ2) is 5.39. The maximum Gasteiger partial charge on any atom is 0.213 e. The van der Waals surface area contributed by atoms with Crippen LogP contribution >= 0.6 is 0 Å². The normalized spacial score (nSPS) is 13.5. The molecular weight excluding hydrogens is 288 g/mol. The molecule has 1 aliphatic rings. The zero-order valence-electron chi connectivity index (χ0n) is 12.8. The van der Waals surface area contributed by atoms with E-state index in [9.17, 15) is 4.79 Å². The Labute approximate surface area is 133 Å². The SMILES string of the molecule is COc1ccc2c3c([nH]c2c1)C(C(=O)c1ccccc1)=NCC3. The Morgan fingerprint density at radius 3 is 2.78 bits per heavy atom.